The van der Waals surface area contributed by atoms with Crippen molar-refractivity contribution < 1.29 is 39.8 Å². The van der Waals surface area contributed by atoms with Gasteiger partial charge in [0, 0.05) is 6.42 Å². The molecule has 1 heterocycles. The summed E-state index contributed by atoms with van der Waals surface area (Å²) in [5.41, 5.74) is 0. The Hall–Kier alpha value is -1.33. The molecule has 7 unspecified atom stereocenters. The predicted molar refractivity (Wildman–Crippen MR) is 253 cm³/mol. The summed E-state index contributed by atoms with van der Waals surface area (Å²) in [4.78, 5) is 13.0. The summed E-state index contributed by atoms with van der Waals surface area (Å²) in [7, 11) is 0. The Morgan fingerprint density at radius 3 is 1.33 bits per heavy atom. The number of amides is 1. The minimum atomic E-state index is -1.56. The summed E-state index contributed by atoms with van der Waals surface area (Å²) < 4.78 is 11.2. The molecule has 0 aliphatic carbocycles. The molecule has 1 aliphatic heterocycles. The number of hydrogen-bond acceptors (Lipinski definition) is 8. The molecule has 0 radical (unpaired) electrons. The van der Waals surface area contributed by atoms with Crippen LogP contribution in [0.25, 0.3) is 0 Å². The maximum absolute atomic E-state index is 13.0. The number of aliphatic hydroxyl groups is 5. The molecule has 1 rings (SSSR count). The molecular weight excluding hydrogens is 767 g/mol. The summed E-state index contributed by atoms with van der Waals surface area (Å²) in [5, 5.41) is 54.3. The largest absolute Gasteiger partial charge is 0.394 e. The number of rotatable bonds is 44. The molecular formula is C52H99NO8. The number of carbonyl (C=O) groups is 1. The van der Waals surface area contributed by atoms with Crippen molar-refractivity contribution in [2.24, 2.45) is 0 Å². The van der Waals surface area contributed by atoms with Crippen molar-refractivity contribution >= 4 is 5.91 Å². The molecule has 61 heavy (non-hydrogen) atoms. The summed E-state index contributed by atoms with van der Waals surface area (Å²) >= 11 is 0. The highest BCUT2D eigenvalue weighted by molar-refractivity contribution is 5.76. The van der Waals surface area contributed by atoms with Crippen molar-refractivity contribution in [2.45, 2.75) is 288 Å². The maximum Gasteiger partial charge on any atom is 0.220 e. The minimum Gasteiger partial charge on any atom is -0.394 e. The van der Waals surface area contributed by atoms with Gasteiger partial charge in [0.25, 0.3) is 0 Å². The van der Waals surface area contributed by atoms with Crippen LogP contribution in [0.3, 0.4) is 0 Å². The number of allylic oxidation sites excluding steroid dienone is 3. The summed E-state index contributed by atoms with van der Waals surface area (Å²) in [6, 6.07) is -0.803. The highest BCUT2D eigenvalue weighted by Crippen LogP contribution is 2.23. The maximum atomic E-state index is 13.0. The van der Waals surface area contributed by atoms with Crippen LogP contribution < -0.4 is 5.32 Å². The van der Waals surface area contributed by atoms with E-state index in [-0.39, 0.29) is 12.5 Å². The minimum absolute atomic E-state index is 0.178. The fraction of sp³-hybridized carbons (Fsp3) is 0.904. The average molecular weight is 866 g/mol. The van der Waals surface area contributed by atoms with Gasteiger partial charge in [-0.3, -0.25) is 4.79 Å². The van der Waals surface area contributed by atoms with E-state index in [9.17, 15) is 30.3 Å². The van der Waals surface area contributed by atoms with E-state index in [0.29, 0.717) is 6.42 Å². The van der Waals surface area contributed by atoms with E-state index in [2.05, 4.69) is 31.3 Å². The van der Waals surface area contributed by atoms with Crippen molar-refractivity contribution in [1.82, 2.24) is 5.32 Å². The van der Waals surface area contributed by atoms with Crippen molar-refractivity contribution in [3.05, 3.63) is 24.3 Å². The van der Waals surface area contributed by atoms with Crippen LogP contribution in [0.2, 0.25) is 0 Å². The van der Waals surface area contributed by atoms with E-state index in [1.807, 2.05) is 6.08 Å². The van der Waals surface area contributed by atoms with E-state index < -0.39 is 49.5 Å². The average Bonchev–Trinajstić information content (AvgIpc) is 3.26. The van der Waals surface area contributed by atoms with Crippen LogP contribution in [0.5, 0.6) is 0 Å². The number of ether oxygens (including phenoxy) is 2. The van der Waals surface area contributed by atoms with Crippen LogP contribution in [-0.2, 0) is 14.3 Å². The molecule has 1 saturated heterocycles. The zero-order valence-electron chi connectivity index (χ0n) is 39.7. The van der Waals surface area contributed by atoms with Gasteiger partial charge in [-0.2, -0.15) is 0 Å². The Balaban J connectivity index is 2.25. The fourth-order valence-corrected chi connectivity index (χ4v) is 8.33. The van der Waals surface area contributed by atoms with E-state index in [1.165, 1.54) is 186 Å². The lowest BCUT2D eigenvalue weighted by molar-refractivity contribution is -0.302. The molecule has 1 fully saturated rings. The fourth-order valence-electron chi connectivity index (χ4n) is 8.33. The normalized spacial score (nSPS) is 20.5. The van der Waals surface area contributed by atoms with Crippen molar-refractivity contribution in [1.29, 1.82) is 0 Å². The first-order chi connectivity index (χ1) is 29.8. The van der Waals surface area contributed by atoms with Crippen molar-refractivity contribution in [3.63, 3.8) is 0 Å². The van der Waals surface area contributed by atoms with Crippen LogP contribution in [0.4, 0.5) is 0 Å². The topological polar surface area (TPSA) is 149 Å². The molecule has 1 aliphatic rings. The molecule has 6 N–H and O–H groups in total. The Bertz CT molecular complexity index is 1010. The Morgan fingerprint density at radius 1 is 0.541 bits per heavy atom. The summed E-state index contributed by atoms with van der Waals surface area (Å²) in [6.45, 7) is 3.79. The van der Waals surface area contributed by atoms with Crippen molar-refractivity contribution in [3.8, 4) is 0 Å². The number of hydrogen-bond donors (Lipinski definition) is 6. The van der Waals surface area contributed by atoms with Gasteiger partial charge in [0.05, 0.1) is 25.4 Å². The molecule has 9 heteroatoms. The molecule has 1 amide bonds. The summed E-state index contributed by atoms with van der Waals surface area (Å²) in [6.07, 6.45) is 45.2. The van der Waals surface area contributed by atoms with Crippen LogP contribution in [0, 0.1) is 0 Å². The second-order valence-corrected chi connectivity index (χ2v) is 18.3. The first-order valence-electron chi connectivity index (χ1n) is 26.1. The standard InChI is InChI=1S/C52H99NO8/c1-3-5-7-9-11-13-15-17-19-20-21-22-23-24-25-26-27-28-30-32-34-36-38-40-42-48(56)53-45(44-60-52-51(59)50(58)49(57)47(43-54)61-52)46(55)41-39-37-35-33-31-29-18-16-14-12-10-8-6-4-2/h24-25,39,41,45-47,49-52,54-55,57-59H,3-23,26-38,40,42-44H2,1-2H3,(H,53,56)/b25-24-,41-39+. The first kappa shape index (κ1) is 57.7. The highest BCUT2D eigenvalue weighted by Gasteiger charge is 2.44. The third-order valence-corrected chi connectivity index (χ3v) is 12.5. The van der Waals surface area contributed by atoms with Gasteiger partial charge in [-0.1, -0.05) is 218 Å². The first-order valence-corrected chi connectivity index (χ1v) is 26.1. The van der Waals surface area contributed by atoms with E-state index in [0.717, 1.165) is 38.5 Å². The van der Waals surface area contributed by atoms with Crippen molar-refractivity contribution in [2.75, 3.05) is 13.2 Å². The van der Waals surface area contributed by atoms with E-state index in [1.54, 1.807) is 6.08 Å². The van der Waals surface area contributed by atoms with Crippen LogP contribution in [-0.4, -0.2) is 87.5 Å². The molecule has 0 aromatic rings. The van der Waals surface area contributed by atoms with Gasteiger partial charge < -0.3 is 40.3 Å². The van der Waals surface area contributed by atoms with Gasteiger partial charge in [0.2, 0.25) is 5.91 Å². The molecule has 0 bridgehead atoms. The highest BCUT2D eigenvalue weighted by atomic mass is 16.7. The third-order valence-electron chi connectivity index (χ3n) is 12.5. The number of unbranched alkanes of at least 4 members (excludes halogenated alkanes) is 32. The molecule has 0 spiro atoms. The second kappa shape index (κ2) is 42.6. The second-order valence-electron chi connectivity index (χ2n) is 18.3. The number of carbonyl (C=O) groups excluding carboxylic acids is 1. The SMILES string of the molecule is CCCCCCCCCCCCCC/C=C\CCCCCCCCCCC(=O)NC(COC1OC(CO)C(O)C(O)C1O)C(O)/C=C/CCCCCCCCCCCCCC. The van der Waals surface area contributed by atoms with Crippen LogP contribution in [0.1, 0.15) is 245 Å². The molecule has 9 nitrogen and oxygen atoms in total. The van der Waals surface area contributed by atoms with E-state index >= 15 is 0 Å². The zero-order valence-corrected chi connectivity index (χ0v) is 39.7. The molecule has 360 valence electrons. The lowest BCUT2D eigenvalue weighted by atomic mass is 9.99. The van der Waals surface area contributed by atoms with E-state index in [4.69, 9.17) is 9.47 Å². The molecule has 0 aromatic heterocycles. The smallest absolute Gasteiger partial charge is 0.220 e. The molecule has 0 aromatic carbocycles. The monoisotopic (exact) mass is 866 g/mol. The van der Waals surface area contributed by atoms with Gasteiger partial charge in [0.15, 0.2) is 6.29 Å². The Morgan fingerprint density at radius 2 is 0.918 bits per heavy atom. The summed E-state index contributed by atoms with van der Waals surface area (Å²) in [5.74, 6) is -0.178. The Labute approximate surface area is 375 Å². The van der Waals surface area contributed by atoms with Gasteiger partial charge in [-0.05, 0) is 44.9 Å². The van der Waals surface area contributed by atoms with Crippen LogP contribution >= 0.6 is 0 Å². The molecule has 7 atom stereocenters. The number of aliphatic hydroxyl groups excluding tert-OH is 5. The van der Waals surface area contributed by atoms with Gasteiger partial charge in [-0.25, -0.2) is 0 Å². The lowest BCUT2D eigenvalue weighted by Crippen LogP contribution is -2.60. The number of nitrogens with one attached hydrogen (secondary N) is 1. The van der Waals surface area contributed by atoms with Gasteiger partial charge in [-0.15, -0.1) is 0 Å². The van der Waals surface area contributed by atoms with Crippen LogP contribution in [0.15, 0.2) is 24.3 Å². The quantitative estimate of drug-likeness (QED) is 0.0262. The zero-order chi connectivity index (χ0) is 44.4. The molecule has 0 saturated carbocycles. The third kappa shape index (κ3) is 32.9. The van der Waals surface area contributed by atoms with Gasteiger partial charge >= 0.3 is 0 Å². The predicted octanol–water partition coefficient (Wildman–Crippen LogP) is 11.8. The Kier molecular flexibility index (Phi) is 40.3. The van der Waals surface area contributed by atoms with Gasteiger partial charge in [0.1, 0.15) is 24.4 Å². The lowest BCUT2D eigenvalue weighted by Gasteiger charge is -2.40.